The quantitative estimate of drug-likeness (QED) is 0.904. The van der Waals surface area contributed by atoms with Crippen LogP contribution in [-0.2, 0) is 19.5 Å². The molecule has 7 heteroatoms. The van der Waals surface area contributed by atoms with Gasteiger partial charge in [0.25, 0.3) is 5.91 Å². The zero-order valence-electron chi connectivity index (χ0n) is 15.0. The van der Waals surface area contributed by atoms with Crippen LogP contribution in [0, 0.1) is 5.82 Å². The van der Waals surface area contributed by atoms with Gasteiger partial charge in [-0.15, -0.1) is 0 Å². The molecule has 138 valence electrons. The highest BCUT2D eigenvalue weighted by Gasteiger charge is 2.29. The Kier molecular flexibility index (Phi) is 4.74. The van der Waals surface area contributed by atoms with Crippen LogP contribution in [0.15, 0.2) is 24.3 Å². The minimum absolute atomic E-state index is 0.0271. The second-order valence-corrected chi connectivity index (χ2v) is 7.21. The van der Waals surface area contributed by atoms with E-state index in [2.05, 4.69) is 27.0 Å². The van der Waals surface area contributed by atoms with Crippen LogP contribution in [-0.4, -0.2) is 70.6 Å². The Morgan fingerprint density at radius 1 is 1.15 bits per heavy atom. The molecular formula is C19H24FN5O. The Morgan fingerprint density at radius 3 is 2.62 bits per heavy atom. The van der Waals surface area contributed by atoms with E-state index < -0.39 is 0 Å². The maximum Gasteiger partial charge on any atom is 0.274 e. The molecule has 1 N–H and O–H groups in total. The molecule has 0 aliphatic carbocycles. The normalized spacial score (nSPS) is 18.8. The van der Waals surface area contributed by atoms with Crippen LogP contribution in [0.2, 0.25) is 0 Å². The zero-order chi connectivity index (χ0) is 18.1. The molecule has 1 aromatic heterocycles. The van der Waals surface area contributed by atoms with Crippen molar-refractivity contribution in [1.29, 1.82) is 0 Å². The third-order valence-electron chi connectivity index (χ3n) is 5.33. The van der Waals surface area contributed by atoms with Crippen LogP contribution < -0.4 is 0 Å². The molecule has 1 aromatic carbocycles. The number of nitrogens with one attached hydrogen (secondary N) is 1. The van der Waals surface area contributed by atoms with Gasteiger partial charge in [-0.1, -0.05) is 12.1 Å². The number of fused-ring (bicyclic) bond motifs is 1. The second kappa shape index (κ2) is 7.17. The molecule has 0 atom stereocenters. The number of carbonyl (C=O) groups is 1. The minimum Gasteiger partial charge on any atom is -0.335 e. The number of piperazine rings is 1. The van der Waals surface area contributed by atoms with Gasteiger partial charge >= 0.3 is 0 Å². The minimum atomic E-state index is -0.218. The zero-order valence-corrected chi connectivity index (χ0v) is 15.0. The van der Waals surface area contributed by atoms with Crippen molar-refractivity contribution in [1.82, 2.24) is 24.9 Å². The highest BCUT2D eigenvalue weighted by molar-refractivity contribution is 5.94. The van der Waals surface area contributed by atoms with Gasteiger partial charge < -0.3 is 9.80 Å². The fourth-order valence-corrected chi connectivity index (χ4v) is 3.67. The van der Waals surface area contributed by atoms with Crippen LogP contribution in [0.25, 0.3) is 0 Å². The first-order chi connectivity index (χ1) is 12.6. The number of aromatic nitrogens is 2. The summed E-state index contributed by atoms with van der Waals surface area (Å²) in [5, 5.41) is 7.40. The first kappa shape index (κ1) is 17.2. The van der Waals surface area contributed by atoms with Gasteiger partial charge in [0.1, 0.15) is 5.82 Å². The van der Waals surface area contributed by atoms with Crippen molar-refractivity contribution in [2.45, 2.75) is 19.5 Å². The predicted octanol–water partition coefficient (Wildman–Crippen LogP) is 1.49. The van der Waals surface area contributed by atoms with Gasteiger partial charge in [0, 0.05) is 63.5 Å². The van der Waals surface area contributed by atoms with Crippen LogP contribution in [0.3, 0.4) is 0 Å². The van der Waals surface area contributed by atoms with Crippen molar-refractivity contribution in [3.8, 4) is 0 Å². The Labute approximate surface area is 152 Å². The number of aromatic amines is 1. The number of hydrogen-bond donors (Lipinski definition) is 1. The standard InChI is InChI=1S/C19H24FN5O/c1-23-8-10-25(11-9-23)19(26)18-16-13-24(7-6-17(16)21-22-18)12-14-2-4-15(20)5-3-14/h2-5H,6-13H2,1H3,(H,21,22). The molecule has 2 aliphatic rings. The lowest BCUT2D eigenvalue weighted by Crippen LogP contribution is -2.47. The van der Waals surface area contributed by atoms with Crippen molar-refractivity contribution >= 4 is 5.91 Å². The Bertz CT molecular complexity index is 780. The van der Waals surface area contributed by atoms with Gasteiger partial charge in [-0.2, -0.15) is 5.10 Å². The number of amides is 1. The summed E-state index contributed by atoms with van der Waals surface area (Å²) >= 11 is 0. The summed E-state index contributed by atoms with van der Waals surface area (Å²) in [5.41, 5.74) is 3.72. The van der Waals surface area contributed by atoms with Gasteiger partial charge in [-0.25, -0.2) is 4.39 Å². The molecule has 2 aromatic rings. The molecule has 0 spiro atoms. The van der Waals surface area contributed by atoms with Crippen molar-refractivity contribution in [2.24, 2.45) is 0 Å². The van der Waals surface area contributed by atoms with Gasteiger partial charge in [0.15, 0.2) is 5.69 Å². The lowest BCUT2D eigenvalue weighted by atomic mass is 10.0. The lowest BCUT2D eigenvalue weighted by molar-refractivity contribution is 0.0655. The van der Waals surface area contributed by atoms with E-state index >= 15 is 0 Å². The number of benzene rings is 1. The highest BCUT2D eigenvalue weighted by atomic mass is 19.1. The molecule has 3 heterocycles. The summed E-state index contributed by atoms with van der Waals surface area (Å²) in [7, 11) is 2.07. The lowest BCUT2D eigenvalue weighted by Gasteiger charge is -2.32. The van der Waals surface area contributed by atoms with Gasteiger partial charge in [-0.3, -0.25) is 14.8 Å². The Balaban J connectivity index is 1.47. The van der Waals surface area contributed by atoms with Gasteiger partial charge in [0.2, 0.25) is 0 Å². The van der Waals surface area contributed by atoms with Crippen LogP contribution in [0.4, 0.5) is 4.39 Å². The molecular weight excluding hydrogens is 333 g/mol. The SMILES string of the molecule is CN1CCN(C(=O)c2n[nH]c3c2CN(Cc2ccc(F)cc2)CC3)CC1. The van der Waals surface area contributed by atoms with Crippen LogP contribution >= 0.6 is 0 Å². The molecule has 1 amide bonds. The monoisotopic (exact) mass is 357 g/mol. The average Bonchev–Trinajstić information content (AvgIpc) is 3.07. The highest BCUT2D eigenvalue weighted by Crippen LogP contribution is 2.23. The molecule has 0 radical (unpaired) electrons. The fraction of sp³-hybridized carbons (Fsp3) is 0.474. The molecule has 1 saturated heterocycles. The number of carbonyl (C=O) groups excluding carboxylic acids is 1. The predicted molar refractivity (Wildman–Crippen MR) is 96.2 cm³/mol. The number of hydrogen-bond acceptors (Lipinski definition) is 4. The summed E-state index contributed by atoms with van der Waals surface area (Å²) < 4.78 is 13.1. The van der Waals surface area contributed by atoms with Crippen molar-refractivity contribution in [2.75, 3.05) is 39.8 Å². The van der Waals surface area contributed by atoms with E-state index in [4.69, 9.17) is 0 Å². The summed E-state index contributed by atoms with van der Waals surface area (Å²) in [6.45, 7) is 5.62. The molecule has 0 bridgehead atoms. The van der Waals surface area contributed by atoms with Crippen LogP contribution in [0.1, 0.15) is 27.3 Å². The summed E-state index contributed by atoms with van der Waals surface area (Å²) in [6.07, 6.45) is 0.847. The third kappa shape index (κ3) is 3.50. The van der Waals surface area contributed by atoms with E-state index in [9.17, 15) is 9.18 Å². The molecule has 0 saturated carbocycles. The van der Waals surface area contributed by atoms with Crippen LogP contribution in [0.5, 0.6) is 0 Å². The van der Waals surface area contributed by atoms with E-state index in [0.717, 1.165) is 62.5 Å². The topological polar surface area (TPSA) is 55.5 Å². The maximum atomic E-state index is 13.1. The van der Waals surface area contributed by atoms with Crippen molar-refractivity contribution < 1.29 is 9.18 Å². The van der Waals surface area contributed by atoms with E-state index in [1.807, 2.05) is 17.0 Å². The Hall–Kier alpha value is -2.25. The van der Waals surface area contributed by atoms with E-state index in [0.29, 0.717) is 12.2 Å². The number of H-pyrrole nitrogens is 1. The molecule has 1 fully saturated rings. The van der Waals surface area contributed by atoms with Gasteiger partial charge in [-0.05, 0) is 24.7 Å². The summed E-state index contributed by atoms with van der Waals surface area (Å²) in [4.78, 5) is 19.3. The fourth-order valence-electron chi connectivity index (χ4n) is 3.67. The van der Waals surface area contributed by atoms with Crippen molar-refractivity contribution in [3.05, 3.63) is 52.6 Å². The molecule has 4 rings (SSSR count). The summed E-state index contributed by atoms with van der Waals surface area (Å²) in [6, 6.07) is 6.61. The molecule has 26 heavy (non-hydrogen) atoms. The number of halogens is 1. The molecule has 6 nitrogen and oxygen atoms in total. The number of nitrogens with zero attached hydrogens (tertiary/aromatic N) is 4. The second-order valence-electron chi connectivity index (χ2n) is 7.21. The smallest absolute Gasteiger partial charge is 0.274 e. The first-order valence-electron chi connectivity index (χ1n) is 9.11. The van der Waals surface area contributed by atoms with E-state index in [1.165, 1.54) is 12.1 Å². The summed E-state index contributed by atoms with van der Waals surface area (Å²) in [5.74, 6) is -0.191. The number of likely N-dealkylation sites (N-methyl/N-ethyl adjacent to an activating group) is 1. The van der Waals surface area contributed by atoms with Crippen molar-refractivity contribution in [3.63, 3.8) is 0 Å². The third-order valence-corrected chi connectivity index (χ3v) is 5.33. The molecule has 2 aliphatic heterocycles. The Morgan fingerprint density at radius 2 is 1.88 bits per heavy atom. The number of rotatable bonds is 3. The van der Waals surface area contributed by atoms with Gasteiger partial charge in [0.05, 0.1) is 0 Å². The van der Waals surface area contributed by atoms with E-state index in [1.54, 1.807) is 0 Å². The van der Waals surface area contributed by atoms with E-state index in [-0.39, 0.29) is 11.7 Å². The largest absolute Gasteiger partial charge is 0.335 e. The average molecular weight is 357 g/mol. The molecule has 0 unspecified atom stereocenters. The maximum absolute atomic E-state index is 13.1. The first-order valence-corrected chi connectivity index (χ1v) is 9.11.